The van der Waals surface area contributed by atoms with E-state index < -0.39 is 0 Å². The molecule has 0 aromatic heterocycles. The molecule has 4 nitrogen and oxygen atoms in total. The molecule has 2 fully saturated rings. The first kappa shape index (κ1) is 14.8. The molecule has 1 saturated carbocycles. The highest BCUT2D eigenvalue weighted by molar-refractivity contribution is 5.82. The Kier molecular flexibility index (Phi) is 5.22. The van der Waals surface area contributed by atoms with Gasteiger partial charge in [0.2, 0.25) is 5.91 Å². The van der Waals surface area contributed by atoms with E-state index in [0.717, 1.165) is 19.6 Å². The quantitative estimate of drug-likeness (QED) is 0.837. The largest absolute Gasteiger partial charge is 0.344 e. The maximum Gasteiger partial charge on any atom is 0.241 e. The van der Waals surface area contributed by atoms with Crippen LogP contribution in [0.4, 0.5) is 0 Å². The van der Waals surface area contributed by atoms with Crippen LogP contribution >= 0.6 is 0 Å². The number of hydrogen-bond donors (Lipinski definition) is 1. The van der Waals surface area contributed by atoms with Crippen LogP contribution in [0, 0.1) is 5.92 Å². The van der Waals surface area contributed by atoms with Gasteiger partial charge in [-0.3, -0.25) is 9.69 Å². The number of hydrogen-bond acceptors (Lipinski definition) is 3. The third-order valence-corrected chi connectivity index (χ3v) is 4.61. The summed E-state index contributed by atoms with van der Waals surface area (Å²) in [5.41, 5.74) is 0. The number of likely N-dealkylation sites (N-methyl/N-ethyl adjacent to an activating group) is 2. The third-order valence-electron chi connectivity index (χ3n) is 4.61. The molecule has 1 amide bonds. The van der Waals surface area contributed by atoms with Crippen LogP contribution in [-0.2, 0) is 4.79 Å². The second-order valence-corrected chi connectivity index (χ2v) is 6.39. The van der Waals surface area contributed by atoms with E-state index in [1.54, 1.807) is 0 Å². The second kappa shape index (κ2) is 6.71. The molecule has 4 heteroatoms. The number of carbonyl (C=O) groups is 1. The zero-order chi connectivity index (χ0) is 13.8. The Bertz CT molecular complexity index is 302. The van der Waals surface area contributed by atoms with Gasteiger partial charge in [0.25, 0.3) is 0 Å². The van der Waals surface area contributed by atoms with Crippen LogP contribution in [0.25, 0.3) is 0 Å². The Morgan fingerprint density at radius 1 is 1.21 bits per heavy atom. The molecule has 2 atom stereocenters. The summed E-state index contributed by atoms with van der Waals surface area (Å²) in [6, 6.07) is 0.646. The average molecular weight is 267 g/mol. The van der Waals surface area contributed by atoms with Crippen molar-refractivity contribution in [3.05, 3.63) is 0 Å². The van der Waals surface area contributed by atoms with Gasteiger partial charge in [0.1, 0.15) is 6.04 Å². The first-order valence-corrected chi connectivity index (χ1v) is 7.78. The summed E-state index contributed by atoms with van der Waals surface area (Å²) in [4.78, 5) is 17.0. The summed E-state index contributed by atoms with van der Waals surface area (Å²) in [6.07, 6.45) is 6.55. The number of nitrogens with zero attached hydrogens (tertiary/aromatic N) is 2. The van der Waals surface area contributed by atoms with Crippen LogP contribution in [-0.4, -0.2) is 61.5 Å². The van der Waals surface area contributed by atoms with Crippen molar-refractivity contribution >= 4 is 5.91 Å². The predicted octanol–water partition coefficient (Wildman–Crippen LogP) is 1.32. The van der Waals surface area contributed by atoms with Gasteiger partial charge in [-0.2, -0.15) is 0 Å². The standard InChI is InChI=1S/C15H29N3O/c1-12-10-17(3)15(19)14(9-16-2)18(11-12)13-7-5-4-6-8-13/h12-14,16H,4-11H2,1-3H3. The highest BCUT2D eigenvalue weighted by atomic mass is 16.2. The molecule has 2 unspecified atom stereocenters. The highest BCUT2D eigenvalue weighted by Crippen LogP contribution is 2.27. The van der Waals surface area contributed by atoms with E-state index >= 15 is 0 Å². The minimum Gasteiger partial charge on any atom is -0.344 e. The van der Waals surface area contributed by atoms with E-state index in [1.807, 2.05) is 19.0 Å². The minimum atomic E-state index is 0.0306. The van der Waals surface area contributed by atoms with Crippen LogP contribution in [0.5, 0.6) is 0 Å². The lowest BCUT2D eigenvalue weighted by molar-refractivity contribution is -0.135. The lowest BCUT2D eigenvalue weighted by atomic mass is 9.92. The van der Waals surface area contributed by atoms with Crippen LogP contribution in [0.2, 0.25) is 0 Å². The summed E-state index contributed by atoms with van der Waals surface area (Å²) < 4.78 is 0. The molecular weight excluding hydrogens is 238 g/mol. The van der Waals surface area contributed by atoms with Crippen molar-refractivity contribution < 1.29 is 4.79 Å². The van der Waals surface area contributed by atoms with E-state index in [9.17, 15) is 4.79 Å². The van der Waals surface area contributed by atoms with E-state index in [2.05, 4.69) is 17.1 Å². The lowest BCUT2D eigenvalue weighted by Crippen LogP contribution is -2.54. The molecule has 1 saturated heterocycles. The first-order chi connectivity index (χ1) is 9.13. The zero-order valence-corrected chi connectivity index (χ0v) is 12.7. The molecule has 0 spiro atoms. The molecule has 0 radical (unpaired) electrons. The summed E-state index contributed by atoms with van der Waals surface area (Å²) in [6.45, 7) is 4.99. The minimum absolute atomic E-state index is 0.0306. The number of amides is 1. The Morgan fingerprint density at radius 2 is 1.89 bits per heavy atom. The fourth-order valence-corrected chi connectivity index (χ4v) is 3.71. The molecule has 110 valence electrons. The molecule has 0 aromatic rings. The molecule has 0 aromatic carbocycles. The third kappa shape index (κ3) is 3.48. The zero-order valence-electron chi connectivity index (χ0n) is 12.7. The maximum absolute atomic E-state index is 12.6. The summed E-state index contributed by atoms with van der Waals surface area (Å²) in [7, 11) is 3.90. The molecule has 1 aliphatic heterocycles. The van der Waals surface area contributed by atoms with Gasteiger partial charge < -0.3 is 10.2 Å². The fraction of sp³-hybridized carbons (Fsp3) is 0.933. The first-order valence-electron chi connectivity index (χ1n) is 7.78. The van der Waals surface area contributed by atoms with Gasteiger partial charge in [-0.1, -0.05) is 26.2 Å². The predicted molar refractivity (Wildman–Crippen MR) is 78.1 cm³/mol. The molecule has 0 bridgehead atoms. The molecule has 1 heterocycles. The Hall–Kier alpha value is -0.610. The lowest BCUT2D eigenvalue weighted by Gasteiger charge is -2.38. The van der Waals surface area contributed by atoms with E-state index in [1.165, 1.54) is 32.1 Å². The van der Waals surface area contributed by atoms with Crippen molar-refractivity contribution in [3.63, 3.8) is 0 Å². The van der Waals surface area contributed by atoms with Crippen LogP contribution < -0.4 is 5.32 Å². The van der Waals surface area contributed by atoms with Crippen molar-refractivity contribution in [2.45, 2.75) is 51.1 Å². The number of nitrogens with one attached hydrogen (secondary N) is 1. The monoisotopic (exact) mass is 267 g/mol. The van der Waals surface area contributed by atoms with Crippen molar-refractivity contribution in [1.29, 1.82) is 0 Å². The van der Waals surface area contributed by atoms with Gasteiger partial charge in [-0.15, -0.1) is 0 Å². The van der Waals surface area contributed by atoms with Gasteiger partial charge >= 0.3 is 0 Å². The van der Waals surface area contributed by atoms with Crippen molar-refractivity contribution in [3.8, 4) is 0 Å². The maximum atomic E-state index is 12.6. The molecule has 2 rings (SSSR count). The van der Waals surface area contributed by atoms with Gasteiger partial charge in [0.15, 0.2) is 0 Å². The topological polar surface area (TPSA) is 35.6 Å². The second-order valence-electron chi connectivity index (χ2n) is 6.39. The summed E-state index contributed by atoms with van der Waals surface area (Å²) in [5, 5.41) is 3.21. The van der Waals surface area contributed by atoms with Crippen LogP contribution in [0.3, 0.4) is 0 Å². The average Bonchev–Trinajstić information content (AvgIpc) is 2.52. The Morgan fingerprint density at radius 3 is 2.53 bits per heavy atom. The van der Waals surface area contributed by atoms with Crippen molar-refractivity contribution in [2.24, 2.45) is 5.92 Å². The molecule has 1 N–H and O–H groups in total. The Balaban J connectivity index is 2.16. The SMILES string of the molecule is CNCC1C(=O)N(C)CC(C)CN1C1CCCCC1. The highest BCUT2D eigenvalue weighted by Gasteiger charge is 2.36. The van der Waals surface area contributed by atoms with E-state index in [0.29, 0.717) is 17.9 Å². The smallest absolute Gasteiger partial charge is 0.241 e. The van der Waals surface area contributed by atoms with Crippen LogP contribution in [0.15, 0.2) is 0 Å². The number of carbonyl (C=O) groups excluding carboxylic acids is 1. The molecule has 19 heavy (non-hydrogen) atoms. The van der Waals surface area contributed by atoms with Crippen LogP contribution in [0.1, 0.15) is 39.0 Å². The summed E-state index contributed by atoms with van der Waals surface area (Å²) in [5.74, 6) is 0.863. The molecule has 1 aliphatic carbocycles. The fourth-order valence-electron chi connectivity index (χ4n) is 3.71. The van der Waals surface area contributed by atoms with Gasteiger partial charge in [-0.25, -0.2) is 0 Å². The number of rotatable bonds is 3. The normalized spacial score (nSPS) is 31.5. The van der Waals surface area contributed by atoms with Crippen molar-refractivity contribution in [2.75, 3.05) is 33.7 Å². The Labute approximate surface area is 117 Å². The van der Waals surface area contributed by atoms with E-state index in [-0.39, 0.29) is 6.04 Å². The van der Waals surface area contributed by atoms with E-state index in [4.69, 9.17) is 0 Å². The van der Waals surface area contributed by atoms with Gasteiger partial charge in [0.05, 0.1) is 0 Å². The molecular formula is C15H29N3O. The molecule has 2 aliphatic rings. The van der Waals surface area contributed by atoms with Crippen molar-refractivity contribution in [1.82, 2.24) is 15.1 Å². The van der Waals surface area contributed by atoms with Gasteiger partial charge in [-0.05, 0) is 25.8 Å². The summed E-state index contributed by atoms with van der Waals surface area (Å²) >= 11 is 0. The van der Waals surface area contributed by atoms with Gasteiger partial charge in [0, 0.05) is 32.7 Å².